The zero-order valence-electron chi connectivity index (χ0n) is 44.2. The molecule has 22 heteroatoms. The second kappa shape index (κ2) is 24.5. The van der Waals surface area contributed by atoms with Crippen LogP contribution in [0.15, 0.2) is 158 Å². The van der Waals surface area contributed by atoms with E-state index in [0.717, 1.165) is 92.2 Å². The van der Waals surface area contributed by atoms with E-state index in [9.17, 15) is 66.9 Å². The molecule has 0 aromatic heterocycles. The number of carbonyl (C=O) groups excluding carboxylic acids is 4. The summed E-state index contributed by atoms with van der Waals surface area (Å²) in [5.41, 5.74) is 12.5. The van der Waals surface area contributed by atoms with Crippen LogP contribution in [-0.4, -0.2) is 92.0 Å². The molecule has 2 heterocycles. The van der Waals surface area contributed by atoms with Gasteiger partial charge in [0.05, 0.1) is 5.56 Å². The van der Waals surface area contributed by atoms with Gasteiger partial charge in [0, 0.05) is 58.4 Å². The second-order valence-electron chi connectivity index (χ2n) is 20.1. The zero-order valence-corrected chi connectivity index (χ0v) is 44.2. The minimum atomic E-state index is -4.61. The van der Waals surface area contributed by atoms with Crippen LogP contribution in [-0.2, 0) is 25.6 Å². The Morgan fingerprint density at radius 1 is 0.446 bits per heavy atom. The molecule has 12 rings (SSSR count). The zero-order chi connectivity index (χ0) is 59.6. The molecule has 2 amide bonds. The van der Waals surface area contributed by atoms with Crippen LogP contribution in [0, 0.1) is 12.7 Å². The van der Waals surface area contributed by atoms with Gasteiger partial charge in [-0.25, -0.2) is 4.39 Å². The lowest BCUT2D eigenvalue weighted by molar-refractivity contribution is -0.137. The summed E-state index contributed by atoms with van der Waals surface area (Å²) in [4.78, 5) is 46.4. The van der Waals surface area contributed by atoms with Crippen LogP contribution >= 0.6 is 0 Å². The van der Waals surface area contributed by atoms with Crippen LogP contribution in [0.3, 0.4) is 0 Å². The van der Waals surface area contributed by atoms with E-state index in [1.54, 1.807) is 48.5 Å². The van der Waals surface area contributed by atoms with Crippen molar-refractivity contribution in [2.75, 3.05) is 0 Å². The number of aryl methyl sites for hydroxylation is 3. The van der Waals surface area contributed by atoms with E-state index < -0.39 is 46.0 Å². The highest BCUT2D eigenvalue weighted by atomic mass is 19.4. The summed E-state index contributed by atoms with van der Waals surface area (Å²) in [6.07, 6.45) is -1.97. The molecule has 416 valence electrons. The van der Waals surface area contributed by atoms with Crippen LogP contribution in [0.4, 0.5) is 17.6 Å². The minimum absolute atomic E-state index is 0.0396. The lowest BCUT2D eigenvalue weighted by Gasteiger charge is -2.15. The smallest absolute Gasteiger partial charge is 0.423 e. The fourth-order valence-electron chi connectivity index (χ4n) is 10.2. The van der Waals surface area contributed by atoms with Crippen molar-refractivity contribution >= 4 is 79.4 Å². The first-order chi connectivity index (χ1) is 39.4. The van der Waals surface area contributed by atoms with Gasteiger partial charge in [-0.2, -0.15) is 13.2 Å². The summed E-state index contributed by atoms with van der Waals surface area (Å²) in [5.74, 6) is -0.697. The van der Waals surface area contributed by atoms with Gasteiger partial charge in [-0.3, -0.25) is 19.2 Å². The van der Waals surface area contributed by atoms with Crippen molar-refractivity contribution in [2.45, 2.75) is 45.3 Å². The Bertz CT molecular complexity index is 3910. The molecule has 8 aromatic carbocycles. The third-order valence-electron chi connectivity index (χ3n) is 14.5. The lowest BCUT2D eigenvalue weighted by atomic mass is 9.78. The number of benzene rings is 8. The van der Waals surface area contributed by atoms with Gasteiger partial charge in [0.15, 0.2) is 11.6 Å². The molecule has 0 saturated heterocycles. The monoisotopic (exact) mass is 1120 g/mol. The van der Waals surface area contributed by atoms with Crippen LogP contribution in [0.25, 0.3) is 50.2 Å². The van der Waals surface area contributed by atoms with E-state index in [2.05, 4.69) is 17.2 Å². The second-order valence-corrected chi connectivity index (χ2v) is 20.1. The molecular formula is C61H50B4F4N2O12. The molecule has 0 atom stereocenters. The maximum atomic E-state index is 13.4. The van der Waals surface area contributed by atoms with Gasteiger partial charge in [0.2, 0.25) is 0 Å². The number of halogens is 4. The van der Waals surface area contributed by atoms with Crippen molar-refractivity contribution in [1.82, 2.24) is 10.6 Å². The average molecular weight is 1120 g/mol. The standard InChI is InChI=1S/C16H11BF3NO3.C15H12BFO3.C15H14BNO3.C15H13BO3/c1-8-12-6-9(2-4-11(12)15(22)21-8)13-7-10(17(23)24)3-5-14(13)16(18,19)20;17-14-5-2-10(8-13(14)16(19)20)9-1-4-12-11(7-9)3-6-15(12)18;1-9-4-11(7-13(5-9)16(19)20)10-2-3-14-12(6-10)8-17-15(14)18;17-15-7-5-12-8-11(4-6-14(12)15)10-2-1-3-13(9-10)16(18)19/h2-7,23-24H,1H2,(H,21,22);1-2,4-5,7-8,19-20H,3,6H2;2-7,19-20H,8H2,1H3,(H,17,18);1-4,6,8-9,18-19H,5,7H2. The fraction of sp³-hybridized carbons (Fsp3) is 0.115. The highest BCUT2D eigenvalue weighted by molar-refractivity contribution is 6.60. The van der Waals surface area contributed by atoms with Crippen LogP contribution in [0.2, 0.25) is 0 Å². The Balaban J connectivity index is 0.000000134. The topological polar surface area (TPSA) is 254 Å². The largest absolute Gasteiger partial charge is 0.491 e. The summed E-state index contributed by atoms with van der Waals surface area (Å²) < 4.78 is 53.3. The summed E-state index contributed by atoms with van der Waals surface area (Å²) in [6.45, 7) is 6.12. The summed E-state index contributed by atoms with van der Waals surface area (Å²) in [6, 6.07) is 40.9. The van der Waals surface area contributed by atoms with E-state index in [1.807, 2.05) is 61.5 Å². The molecule has 0 unspecified atom stereocenters. The summed E-state index contributed by atoms with van der Waals surface area (Å²) in [7, 11) is -6.67. The number of hydrogen-bond acceptors (Lipinski definition) is 12. The molecule has 0 spiro atoms. The number of nitrogens with one attached hydrogen (secondary N) is 2. The first kappa shape index (κ1) is 59.1. The highest BCUT2D eigenvalue weighted by Crippen LogP contribution is 2.39. The Morgan fingerprint density at radius 2 is 0.964 bits per heavy atom. The highest BCUT2D eigenvalue weighted by Gasteiger charge is 2.35. The normalized spacial score (nSPS) is 13.4. The average Bonchev–Trinajstić information content (AvgIpc) is 4.43. The number of amides is 2. The third kappa shape index (κ3) is 13.2. The first-order valence-corrected chi connectivity index (χ1v) is 26.0. The molecule has 0 radical (unpaired) electrons. The van der Waals surface area contributed by atoms with Crippen molar-refractivity contribution in [3.8, 4) is 44.5 Å². The number of alkyl halides is 3. The predicted octanol–water partition coefficient (Wildman–Crippen LogP) is 4.82. The predicted molar refractivity (Wildman–Crippen MR) is 309 cm³/mol. The van der Waals surface area contributed by atoms with Crippen molar-refractivity contribution in [3.05, 3.63) is 220 Å². The van der Waals surface area contributed by atoms with Gasteiger partial charge in [-0.15, -0.1) is 0 Å². The molecule has 0 saturated carbocycles. The van der Waals surface area contributed by atoms with Crippen LogP contribution in [0.1, 0.15) is 87.7 Å². The number of hydrogen-bond donors (Lipinski definition) is 10. The van der Waals surface area contributed by atoms with Crippen molar-refractivity contribution in [1.29, 1.82) is 0 Å². The number of fused-ring (bicyclic) bond motifs is 4. The number of ketones is 2. The summed E-state index contributed by atoms with van der Waals surface area (Å²) >= 11 is 0. The quantitative estimate of drug-likeness (QED) is 0.0727. The Morgan fingerprint density at radius 3 is 1.57 bits per heavy atom. The first-order valence-electron chi connectivity index (χ1n) is 26.0. The molecular weight excluding hydrogens is 1070 g/mol. The molecule has 8 aromatic rings. The number of rotatable bonds is 8. The van der Waals surface area contributed by atoms with E-state index in [1.165, 1.54) is 30.3 Å². The van der Waals surface area contributed by atoms with Gasteiger partial charge in [0.25, 0.3) is 11.8 Å². The van der Waals surface area contributed by atoms with Crippen molar-refractivity contribution in [3.63, 3.8) is 0 Å². The third-order valence-corrected chi connectivity index (χ3v) is 14.5. The molecule has 4 aliphatic rings. The number of Topliss-reactive ketones (excluding diaryl/α,β-unsaturated/α-hetero) is 2. The van der Waals surface area contributed by atoms with E-state index in [-0.39, 0.29) is 45.4 Å². The van der Waals surface area contributed by atoms with Gasteiger partial charge in [-0.05, 0) is 134 Å². The van der Waals surface area contributed by atoms with E-state index in [0.29, 0.717) is 58.3 Å². The molecule has 0 bridgehead atoms. The van der Waals surface area contributed by atoms with Crippen molar-refractivity contribution < 1.29 is 76.9 Å². The maximum Gasteiger partial charge on any atom is 0.491 e. The van der Waals surface area contributed by atoms with Gasteiger partial charge in [0.1, 0.15) is 5.82 Å². The molecule has 14 nitrogen and oxygen atoms in total. The SMILES string of the molecule is C=C1NC(=O)c2ccc(-c3cc(B(O)O)ccc3C(F)(F)F)cc21.Cc1cc(B(O)O)cc(-c2ccc3c(c2)CNC3=O)c1.O=C1CCc2cc(-c3ccc(F)c(B(O)O)c3)ccc21.O=C1CCc2cc(-c3cccc(B(O)O)c3)ccc21. The lowest BCUT2D eigenvalue weighted by Crippen LogP contribution is -2.32. The number of carbonyl (C=O) groups is 4. The molecule has 0 fully saturated rings. The molecule has 2 aliphatic carbocycles. The maximum absolute atomic E-state index is 13.4. The summed E-state index contributed by atoms with van der Waals surface area (Å²) in [5, 5.41) is 79.0. The van der Waals surface area contributed by atoms with Gasteiger partial charge < -0.3 is 50.8 Å². The van der Waals surface area contributed by atoms with Gasteiger partial charge >= 0.3 is 34.6 Å². The fourth-order valence-corrected chi connectivity index (χ4v) is 10.2. The Labute approximate surface area is 474 Å². The van der Waals surface area contributed by atoms with Gasteiger partial charge in [-0.1, -0.05) is 127 Å². The molecule has 2 aliphatic heterocycles. The minimum Gasteiger partial charge on any atom is -0.423 e. The molecule has 83 heavy (non-hydrogen) atoms. The Hall–Kier alpha value is -8.56. The van der Waals surface area contributed by atoms with Crippen LogP contribution < -0.4 is 32.5 Å². The Kier molecular flexibility index (Phi) is 17.4. The molecule has 10 N–H and O–H groups in total. The van der Waals surface area contributed by atoms with Crippen molar-refractivity contribution in [2.24, 2.45) is 0 Å². The van der Waals surface area contributed by atoms with E-state index in [4.69, 9.17) is 10.0 Å². The van der Waals surface area contributed by atoms with E-state index >= 15 is 0 Å². The van der Waals surface area contributed by atoms with Crippen LogP contribution in [0.5, 0.6) is 0 Å².